The molecule has 0 amide bonds. The van der Waals surface area contributed by atoms with E-state index in [1.807, 2.05) is 24.3 Å². The number of carbonyl (C=O) groups is 1. The van der Waals surface area contributed by atoms with Crippen LogP contribution in [0.1, 0.15) is 23.2 Å². The van der Waals surface area contributed by atoms with E-state index in [-0.39, 0.29) is 5.89 Å². The number of benzene rings is 1. The number of carbonyl (C=O) groups excluding carboxylic acids is 1. The molecule has 76 valence electrons. The molecule has 15 heavy (non-hydrogen) atoms. The summed E-state index contributed by atoms with van der Waals surface area (Å²) in [6, 6.07) is 8.01. The number of aldehydes is 1. The van der Waals surface area contributed by atoms with Crippen LogP contribution in [0.15, 0.2) is 34.9 Å². The Morgan fingerprint density at radius 2 is 2.07 bits per heavy atom. The molecule has 0 saturated carbocycles. The van der Waals surface area contributed by atoms with E-state index >= 15 is 0 Å². The molecule has 3 nitrogen and oxygen atoms in total. The lowest BCUT2D eigenvalue weighted by molar-refractivity contribution is 0.109. The quantitative estimate of drug-likeness (QED) is 0.717. The molecule has 2 rings (SSSR count). The maximum absolute atomic E-state index is 10.4. The first kappa shape index (κ1) is 9.65. The normalized spacial score (nSPS) is 10.2. The molecule has 1 aromatic heterocycles. The van der Waals surface area contributed by atoms with Crippen molar-refractivity contribution in [3.05, 3.63) is 41.9 Å². The van der Waals surface area contributed by atoms with Gasteiger partial charge in [0.1, 0.15) is 0 Å². The third-order valence-electron chi connectivity index (χ3n) is 2.27. The second-order valence-corrected chi connectivity index (χ2v) is 3.23. The fourth-order valence-corrected chi connectivity index (χ4v) is 1.38. The van der Waals surface area contributed by atoms with E-state index in [0.29, 0.717) is 12.0 Å². The van der Waals surface area contributed by atoms with E-state index in [9.17, 15) is 4.79 Å². The first-order chi connectivity index (χ1) is 7.33. The second kappa shape index (κ2) is 4.09. The molecular weight excluding hydrogens is 190 g/mol. The Balaban J connectivity index is 2.32. The van der Waals surface area contributed by atoms with Gasteiger partial charge in [0.05, 0.1) is 6.20 Å². The van der Waals surface area contributed by atoms with Gasteiger partial charge in [0.25, 0.3) is 5.89 Å². The Hall–Kier alpha value is -1.90. The van der Waals surface area contributed by atoms with Gasteiger partial charge in [-0.25, -0.2) is 4.98 Å². The Bertz CT molecular complexity index is 457. The minimum absolute atomic E-state index is 0.115. The van der Waals surface area contributed by atoms with E-state index in [1.54, 1.807) is 6.20 Å². The van der Waals surface area contributed by atoms with Crippen LogP contribution in [0.4, 0.5) is 0 Å². The molecule has 1 aromatic carbocycles. The number of rotatable bonds is 3. The summed E-state index contributed by atoms with van der Waals surface area (Å²) in [5, 5.41) is 0. The maximum Gasteiger partial charge on any atom is 0.260 e. The molecule has 0 saturated heterocycles. The second-order valence-electron chi connectivity index (χ2n) is 3.23. The summed E-state index contributed by atoms with van der Waals surface area (Å²) >= 11 is 0. The molecule has 0 aliphatic heterocycles. The topological polar surface area (TPSA) is 43.1 Å². The number of oxazole rings is 1. The molecule has 0 fully saturated rings. The monoisotopic (exact) mass is 201 g/mol. The fourth-order valence-electron chi connectivity index (χ4n) is 1.38. The van der Waals surface area contributed by atoms with Gasteiger partial charge in [-0.05, 0) is 12.0 Å². The van der Waals surface area contributed by atoms with Crippen LogP contribution in [0.5, 0.6) is 0 Å². The molecule has 0 spiro atoms. The maximum atomic E-state index is 10.4. The van der Waals surface area contributed by atoms with Crippen molar-refractivity contribution in [2.45, 2.75) is 13.3 Å². The lowest BCUT2D eigenvalue weighted by Gasteiger charge is -1.98. The molecule has 1 heterocycles. The largest absolute Gasteiger partial charge is 0.434 e. The van der Waals surface area contributed by atoms with Crippen molar-refractivity contribution in [2.24, 2.45) is 0 Å². The molecular formula is C12H11NO2. The standard InChI is InChI=1S/C12H11NO2/c1-2-9-3-5-10(6-4-9)11-7-13-12(8-14)15-11/h3-8H,2H2,1H3. The van der Waals surface area contributed by atoms with Crippen molar-refractivity contribution in [1.29, 1.82) is 0 Å². The zero-order valence-electron chi connectivity index (χ0n) is 8.43. The predicted octanol–water partition coefficient (Wildman–Crippen LogP) is 2.72. The first-order valence-electron chi connectivity index (χ1n) is 4.84. The number of aromatic nitrogens is 1. The third kappa shape index (κ3) is 1.96. The van der Waals surface area contributed by atoms with E-state index in [2.05, 4.69) is 11.9 Å². The molecule has 2 aromatic rings. The Morgan fingerprint density at radius 3 is 2.60 bits per heavy atom. The van der Waals surface area contributed by atoms with Crippen molar-refractivity contribution < 1.29 is 9.21 Å². The minimum Gasteiger partial charge on any atom is -0.434 e. The Kier molecular flexibility index (Phi) is 2.63. The minimum atomic E-state index is 0.115. The van der Waals surface area contributed by atoms with Gasteiger partial charge in [-0.15, -0.1) is 0 Å². The van der Waals surface area contributed by atoms with E-state index in [0.717, 1.165) is 12.0 Å². The summed E-state index contributed by atoms with van der Waals surface area (Å²) < 4.78 is 5.21. The number of nitrogens with zero attached hydrogens (tertiary/aromatic N) is 1. The van der Waals surface area contributed by atoms with Crippen LogP contribution in [0.3, 0.4) is 0 Å². The molecule has 3 heteroatoms. The van der Waals surface area contributed by atoms with Crippen molar-refractivity contribution in [1.82, 2.24) is 4.98 Å². The lowest BCUT2D eigenvalue weighted by Crippen LogP contribution is -1.79. The molecule has 0 radical (unpaired) electrons. The molecule has 0 aliphatic rings. The van der Waals surface area contributed by atoms with Gasteiger partial charge in [0.15, 0.2) is 5.76 Å². The molecule has 0 bridgehead atoms. The van der Waals surface area contributed by atoms with Crippen molar-refractivity contribution >= 4 is 6.29 Å². The highest BCUT2D eigenvalue weighted by atomic mass is 16.4. The van der Waals surface area contributed by atoms with Gasteiger partial charge >= 0.3 is 0 Å². The summed E-state index contributed by atoms with van der Waals surface area (Å²) in [5.41, 5.74) is 2.21. The van der Waals surface area contributed by atoms with Crippen molar-refractivity contribution in [2.75, 3.05) is 0 Å². The van der Waals surface area contributed by atoms with Crippen molar-refractivity contribution in [3.63, 3.8) is 0 Å². The highest BCUT2D eigenvalue weighted by Crippen LogP contribution is 2.20. The van der Waals surface area contributed by atoms with Crippen LogP contribution in [-0.4, -0.2) is 11.3 Å². The van der Waals surface area contributed by atoms with Gasteiger partial charge in [-0.2, -0.15) is 0 Å². The van der Waals surface area contributed by atoms with Crippen LogP contribution in [0, 0.1) is 0 Å². The zero-order chi connectivity index (χ0) is 10.7. The summed E-state index contributed by atoms with van der Waals surface area (Å²) in [6.07, 6.45) is 3.17. The summed E-state index contributed by atoms with van der Waals surface area (Å²) in [5.74, 6) is 0.740. The lowest BCUT2D eigenvalue weighted by atomic mass is 10.1. The van der Waals surface area contributed by atoms with Crippen LogP contribution < -0.4 is 0 Å². The molecule has 0 aliphatic carbocycles. The Labute approximate surface area is 87.8 Å². The van der Waals surface area contributed by atoms with E-state index in [1.165, 1.54) is 5.56 Å². The SMILES string of the molecule is CCc1ccc(-c2cnc(C=O)o2)cc1. The predicted molar refractivity (Wildman–Crippen MR) is 56.7 cm³/mol. The van der Waals surface area contributed by atoms with Crippen LogP contribution >= 0.6 is 0 Å². The third-order valence-corrected chi connectivity index (χ3v) is 2.27. The fraction of sp³-hybridized carbons (Fsp3) is 0.167. The Morgan fingerprint density at radius 1 is 1.33 bits per heavy atom. The summed E-state index contributed by atoms with van der Waals surface area (Å²) in [4.78, 5) is 14.2. The highest BCUT2D eigenvalue weighted by molar-refractivity contribution is 5.69. The van der Waals surface area contributed by atoms with Crippen molar-refractivity contribution in [3.8, 4) is 11.3 Å². The first-order valence-corrected chi connectivity index (χ1v) is 4.84. The van der Waals surface area contributed by atoms with Gasteiger partial charge in [0, 0.05) is 5.56 Å². The van der Waals surface area contributed by atoms with Gasteiger partial charge < -0.3 is 4.42 Å². The number of hydrogen-bond acceptors (Lipinski definition) is 3. The van der Waals surface area contributed by atoms with Crippen LogP contribution in [0.25, 0.3) is 11.3 Å². The van der Waals surface area contributed by atoms with Gasteiger partial charge in [0.2, 0.25) is 6.29 Å². The summed E-state index contributed by atoms with van der Waals surface area (Å²) in [7, 11) is 0. The number of hydrogen-bond donors (Lipinski definition) is 0. The molecule has 0 unspecified atom stereocenters. The smallest absolute Gasteiger partial charge is 0.260 e. The van der Waals surface area contributed by atoms with E-state index < -0.39 is 0 Å². The molecule has 0 N–H and O–H groups in total. The van der Waals surface area contributed by atoms with Gasteiger partial charge in [-0.3, -0.25) is 4.79 Å². The number of aryl methyl sites for hydroxylation is 1. The zero-order valence-corrected chi connectivity index (χ0v) is 8.43. The van der Waals surface area contributed by atoms with Gasteiger partial charge in [-0.1, -0.05) is 31.2 Å². The van der Waals surface area contributed by atoms with Crippen LogP contribution in [-0.2, 0) is 6.42 Å². The van der Waals surface area contributed by atoms with E-state index in [4.69, 9.17) is 4.42 Å². The average Bonchev–Trinajstić information content (AvgIpc) is 2.78. The van der Waals surface area contributed by atoms with Crippen LogP contribution in [0.2, 0.25) is 0 Å². The average molecular weight is 201 g/mol. The highest BCUT2D eigenvalue weighted by Gasteiger charge is 2.04. The molecule has 0 atom stereocenters. The summed E-state index contributed by atoms with van der Waals surface area (Å²) in [6.45, 7) is 2.11.